The van der Waals surface area contributed by atoms with Gasteiger partial charge in [0.1, 0.15) is 11.6 Å². The van der Waals surface area contributed by atoms with E-state index in [4.69, 9.17) is 4.74 Å². The molecule has 2 aliphatic rings. The summed E-state index contributed by atoms with van der Waals surface area (Å²) in [5.41, 5.74) is -0.466. The predicted molar refractivity (Wildman–Crippen MR) is 127 cm³/mol. The van der Waals surface area contributed by atoms with Crippen molar-refractivity contribution in [1.29, 1.82) is 0 Å². The first kappa shape index (κ1) is 23.0. The van der Waals surface area contributed by atoms with Crippen LogP contribution in [0.25, 0.3) is 10.8 Å². The lowest BCUT2D eigenvalue weighted by atomic mass is 10.1. The van der Waals surface area contributed by atoms with Crippen molar-refractivity contribution in [2.75, 3.05) is 39.8 Å². The van der Waals surface area contributed by atoms with Crippen LogP contribution < -0.4 is 10.3 Å². The fourth-order valence-electron chi connectivity index (χ4n) is 4.74. The molecule has 35 heavy (non-hydrogen) atoms. The number of likely N-dealkylation sites (tertiary alicyclic amines) is 1. The molecule has 1 N–H and O–H groups in total. The molecule has 5 rings (SSSR count). The van der Waals surface area contributed by atoms with Crippen molar-refractivity contribution in [3.63, 3.8) is 0 Å². The van der Waals surface area contributed by atoms with Crippen molar-refractivity contribution < 1.29 is 18.7 Å². The van der Waals surface area contributed by atoms with Gasteiger partial charge in [0.25, 0.3) is 11.5 Å². The number of ether oxygens (including phenoxy) is 1. The number of hydrogen-bond acceptors (Lipinski definition) is 6. The number of benzene rings is 2. The van der Waals surface area contributed by atoms with E-state index in [2.05, 4.69) is 15.1 Å². The summed E-state index contributed by atoms with van der Waals surface area (Å²) >= 11 is 0. The molecule has 0 saturated carbocycles. The van der Waals surface area contributed by atoms with Crippen molar-refractivity contribution >= 4 is 22.6 Å². The van der Waals surface area contributed by atoms with Crippen LogP contribution in [-0.2, 0) is 4.79 Å². The highest BCUT2D eigenvalue weighted by Crippen LogP contribution is 2.27. The molecule has 2 amide bonds. The number of carbonyl (C=O) groups is 2. The first-order valence-electron chi connectivity index (χ1n) is 11.7. The van der Waals surface area contributed by atoms with Gasteiger partial charge in [-0.15, -0.1) is 5.10 Å². The van der Waals surface area contributed by atoms with Gasteiger partial charge in [0.05, 0.1) is 22.4 Å². The maximum Gasteiger partial charge on any atom is 0.272 e. The molecule has 9 nitrogen and oxygen atoms in total. The Balaban J connectivity index is 1.30. The van der Waals surface area contributed by atoms with Gasteiger partial charge >= 0.3 is 0 Å². The molecule has 3 heterocycles. The summed E-state index contributed by atoms with van der Waals surface area (Å²) in [4.78, 5) is 43.4. The third-order valence-electron chi connectivity index (χ3n) is 6.73. The molecule has 2 saturated heterocycles. The van der Waals surface area contributed by atoms with Crippen molar-refractivity contribution in [2.45, 2.75) is 18.9 Å². The maximum atomic E-state index is 14.6. The van der Waals surface area contributed by atoms with Crippen LogP contribution in [0.3, 0.4) is 0 Å². The highest BCUT2D eigenvalue weighted by atomic mass is 19.1. The number of hydrogen-bond donors (Lipinski definition) is 1. The van der Waals surface area contributed by atoms with Gasteiger partial charge in [0, 0.05) is 26.2 Å². The van der Waals surface area contributed by atoms with E-state index in [-0.39, 0.29) is 34.7 Å². The second kappa shape index (κ2) is 9.46. The van der Waals surface area contributed by atoms with Crippen molar-refractivity contribution in [1.82, 2.24) is 24.9 Å². The highest BCUT2D eigenvalue weighted by Gasteiger charge is 2.34. The molecular formula is C25H26FN5O4. The number of piperazine rings is 1. The van der Waals surface area contributed by atoms with E-state index < -0.39 is 11.7 Å². The van der Waals surface area contributed by atoms with Gasteiger partial charge in [-0.2, -0.15) is 0 Å². The lowest BCUT2D eigenvalue weighted by Gasteiger charge is -2.37. The Kier molecular flexibility index (Phi) is 6.21. The van der Waals surface area contributed by atoms with Crippen LogP contribution in [0.4, 0.5) is 4.39 Å². The molecule has 0 radical (unpaired) electrons. The van der Waals surface area contributed by atoms with Gasteiger partial charge in [-0.05, 0) is 56.8 Å². The van der Waals surface area contributed by atoms with E-state index in [1.165, 1.54) is 18.2 Å². The summed E-state index contributed by atoms with van der Waals surface area (Å²) in [6.07, 6.45) is 1.86. The number of likely N-dealkylation sites (N-methyl/N-ethyl adjacent to an activating group) is 1. The van der Waals surface area contributed by atoms with Crippen LogP contribution in [0.15, 0.2) is 47.3 Å². The quantitative estimate of drug-likeness (QED) is 0.616. The van der Waals surface area contributed by atoms with Crippen LogP contribution in [0.1, 0.15) is 23.2 Å². The second-order valence-electron chi connectivity index (χ2n) is 8.90. The van der Waals surface area contributed by atoms with Gasteiger partial charge in [0.15, 0.2) is 0 Å². The van der Waals surface area contributed by atoms with Gasteiger partial charge < -0.3 is 14.5 Å². The minimum Gasteiger partial charge on any atom is -0.437 e. The molecule has 2 fully saturated rings. The van der Waals surface area contributed by atoms with Crippen LogP contribution in [0, 0.1) is 5.82 Å². The molecule has 10 heteroatoms. The first-order valence-corrected chi connectivity index (χ1v) is 11.7. The zero-order valence-electron chi connectivity index (χ0n) is 19.4. The topological polar surface area (TPSA) is 98.8 Å². The predicted octanol–water partition coefficient (Wildman–Crippen LogP) is 2.23. The van der Waals surface area contributed by atoms with Crippen molar-refractivity contribution in [3.8, 4) is 11.6 Å². The first-order chi connectivity index (χ1) is 16.9. The number of rotatable bonds is 4. The van der Waals surface area contributed by atoms with Crippen LogP contribution in [0.5, 0.6) is 11.6 Å². The molecule has 0 aliphatic carbocycles. The van der Waals surface area contributed by atoms with E-state index in [1.807, 2.05) is 7.05 Å². The van der Waals surface area contributed by atoms with Gasteiger partial charge in [-0.1, -0.05) is 12.1 Å². The Morgan fingerprint density at radius 3 is 2.46 bits per heavy atom. The van der Waals surface area contributed by atoms with Gasteiger partial charge in [-0.25, -0.2) is 9.49 Å². The number of carbonyl (C=O) groups excluding carboxylic acids is 2. The molecule has 1 atom stereocenters. The van der Waals surface area contributed by atoms with Crippen molar-refractivity contribution in [2.24, 2.45) is 0 Å². The number of H-pyrrole nitrogens is 1. The fraction of sp³-hybridized carbons (Fsp3) is 0.360. The molecule has 1 aromatic heterocycles. The van der Waals surface area contributed by atoms with Gasteiger partial charge in [0.2, 0.25) is 11.8 Å². The normalized spacial score (nSPS) is 18.7. The summed E-state index contributed by atoms with van der Waals surface area (Å²) in [5.74, 6) is -0.656. The fourth-order valence-corrected chi connectivity index (χ4v) is 4.74. The third-order valence-corrected chi connectivity index (χ3v) is 6.73. The third kappa shape index (κ3) is 4.49. The average Bonchev–Trinajstić information content (AvgIpc) is 3.32. The zero-order chi connectivity index (χ0) is 24.5. The monoisotopic (exact) mass is 479 g/mol. The van der Waals surface area contributed by atoms with E-state index in [0.29, 0.717) is 37.0 Å². The number of aromatic amines is 1. The van der Waals surface area contributed by atoms with E-state index in [1.54, 1.807) is 34.1 Å². The lowest BCUT2D eigenvalue weighted by Crippen LogP contribution is -2.54. The molecule has 2 aliphatic heterocycles. The number of halogens is 1. The van der Waals surface area contributed by atoms with Gasteiger partial charge in [-0.3, -0.25) is 19.3 Å². The Hall–Kier alpha value is -3.79. The summed E-state index contributed by atoms with van der Waals surface area (Å²) in [6.45, 7) is 2.41. The van der Waals surface area contributed by atoms with Crippen LogP contribution in [0.2, 0.25) is 0 Å². The minimum atomic E-state index is -0.660. The Morgan fingerprint density at radius 2 is 1.74 bits per heavy atom. The Labute approximate surface area is 201 Å². The molecule has 182 valence electrons. The smallest absolute Gasteiger partial charge is 0.272 e. The molecular weight excluding hydrogens is 453 g/mol. The maximum absolute atomic E-state index is 14.6. The summed E-state index contributed by atoms with van der Waals surface area (Å²) < 4.78 is 20.5. The zero-order valence-corrected chi connectivity index (χ0v) is 19.4. The summed E-state index contributed by atoms with van der Waals surface area (Å²) in [7, 11) is 1.96. The number of nitrogens with one attached hydrogen (secondary N) is 1. The summed E-state index contributed by atoms with van der Waals surface area (Å²) in [5, 5.41) is 7.26. The Bertz CT molecular complexity index is 1330. The van der Waals surface area contributed by atoms with Crippen LogP contribution >= 0.6 is 0 Å². The standard InChI is InChI=1S/C25H26FN5O4/c1-29-10-4-7-21(29)25(34)31-13-11-30(12-14-31)24(33)19-15-16(8-9-20(19)26)35-23-18-6-3-2-5-17(18)22(32)27-28-23/h2-3,5-6,8-9,15,21H,4,7,10-14H2,1H3,(H,27,32). The Morgan fingerprint density at radius 1 is 1.03 bits per heavy atom. The number of amides is 2. The largest absolute Gasteiger partial charge is 0.437 e. The minimum absolute atomic E-state index is 0.0962. The SMILES string of the molecule is CN1CCCC1C(=O)N1CCN(C(=O)c2cc(Oc3n[nH]c(=O)c4ccccc34)ccc2F)CC1. The van der Waals surface area contributed by atoms with E-state index in [0.717, 1.165) is 19.4 Å². The van der Waals surface area contributed by atoms with Crippen molar-refractivity contribution in [3.05, 3.63) is 64.2 Å². The number of aromatic nitrogens is 2. The molecule has 3 aromatic rings. The summed E-state index contributed by atoms with van der Waals surface area (Å²) in [6, 6.07) is 10.7. The molecule has 0 spiro atoms. The molecule has 2 aromatic carbocycles. The van der Waals surface area contributed by atoms with E-state index in [9.17, 15) is 18.8 Å². The lowest BCUT2D eigenvalue weighted by molar-refractivity contribution is -0.137. The number of nitrogens with zero attached hydrogens (tertiary/aromatic N) is 4. The second-order valence-corrected chi connectivity index (χ2v) is 8.90. The average molecular weight is 480 g/mol. The van der Waals surface area contributed by atoms with E-state index >= 15 is 0 Å². The van der Waals surface area contributed by atoms with Crippen LogP contribution in [-0.4, -0.2) is 82.5 Å². The molecule has 1 unspecified atom stereocenters. The number of fused-ring (bicyclic) bond motifs is 1. The molecule has 0 bridgehead atoms. The highest BCUT2D eigenvalue weighted by molar-refractivity contribution is 5.95.